The Balaban J connectivity index is 1.43. The van der Waals surface area contributed by atoms with Gasteiger partial charge < -0.3 is 25.0 Å². The van der Waals surface area contributed by atoms with Crippen LogP contribution in [0.5, 0.6) is 0 Å². The molecule has 3 aliphatic rings. The number of carbonyl (C=O) groups is 1. The van der Waals surface area contributed by atoms with Crippen LogP contribution in [0.25, 0.3) is 0 Å². The number of morpholine rings is 1. The number of rotatable bonds is 5. The van der Waals surface area contributed by atoms with E-state index in [1.807, 2.05) is 0 Å². The number of anilines is 2. The van der Waals surface area contributed by atoms with Crippen LogP contribution in [0, 0.1) is 5.82 Å². The number of methoxy groups -OCH3 is 1. The quantitative estimate of drug-likeness (QED) is 0.385. The number of hydrogen-bond donors (Lipinski definition) is 3. The number of allylic oxidation sites excluding steroid dienone is 1. The van der Waals surface area contributed by atoms with Crippen LogP contribution in [0.2, 0.25) is 0 Å². The van der Waals surface area contributed by atoms with Gasteiger partial charge in [0.05, 0.1) is 31.5 Å². The molecule has 0 radical (unpaired) electrons. The highest BCUT2D eigenvalue weighted by Gasteiger charge is 2.37. The zero-order chi connectivity index (χ0) is 27.6. The van der Waals surface area contributed by atoms with E-state index in [1.54, 1.807) is 18.3 Å². The zero-order valence-electron chi connectivity index (χ0n) is 21.1. The van der Waals surface area contributed by atoms with Gasteiger partial charge in [-0.15, -0.1) is 0 Å². The summed E-state index contributed by atoms with van der Waals surface area (Å²) in [7, 11) is 1.18. The lowest BCUT2D eigenvalue weighted by molar-refractivity contribution is -0.137. The molecule has 1 aromatic carbocycles. The van der Waals surface area contributed by atoms with Crippen LogP contribution < -0.4 is 20.9 Å². The number of halogens is 4. The van der Waals surface area contributed by atoms with Gasteiger partial charge in [0.1, 0.15) is 24.1 Å². The van der Waals surface area contributed by atoms with Crippen LogP contribution in [0.4, 0.5) is 29.1 Å². The Bertz CT molecular complexity index is 1280. The standard InChI is InChI=1S/C26H28F4N6O3/c1-38-24(37)17-5-4-16(15-20(17)27)32-22-18-6-9-35(23-19(26(28,29)30)3-2-8-31-23)10-7-21(18)33-25(34-22)36-11-13-39-14-12-36/h2-5,7-8,10,15,22,25,32-34H,6,9,11-14H2,1H3. The van der Waals surface area contributed by atoms with Gasteiger partial charge in [-0.3, -0.25) is 10.2 Å². The number of esters is 1. The van der Waals surface area contributed by atoms with Gasteiger partial charge >= 0.3 is 12.1 Å². The lowest BCUT2D eigenvalue weighted by Gasteiger charge is -2.42. The largest absolute Gasteiger partial charge is 0.465 e. The van der Waals surface area contributed by atoms with Gasteiger partial charge in [-0.25, -0.2) is 14.2 Å². The molecule has 2 unspecified atom stereocenters. The van der Waals surface area contributed by atoms with Crippen molar-refractivity contribution in [3.8, 4) is 0 Å². The van der Waals surface area contributed by atoms with E-state index >= 15 is 0 Å². The molecule has 1 saturated heterocycles. The van der Waals surface area contributed by atoms with Crippen molar-refractivity contribution in [2.45, 2.75) is 25.1 Å². The number of alkyl halides is 3. The summed E-state index contributed by atoms with van der Waals surface area (Å²) in [6, 6.07) is 6.40. The highest BCUT2D eigenvalue weighted by Crippen LogP contribution is 2.36. The number of aromatic nitrogens is 1. The normalized spacial score (nSPS) is 22.1. The minimum absolute atomic E-state index is 0.177. The minimum Gasteiger partial charge on any atom is -0.465 e. The Hall–Kier alpha value is -3.68. The second-order valence-electron chi connectivity index (χ2n) is 9.20. The third-order valence-corrected chi connectivity index (χ3v) is 6.81. The fourth-order valence-corrected chi connectivity index (χ4v) is 4.84. The van der Waals surface area contributed by atoms with Gasteiger partial charge in [0.25, 0.3) is 0 Å². The Morgan fingerprint density at radius 2 is 2.00 bits per heavy atom. The second kappa shape index (κ2) is 11.2. The number of pyridine rings is 1. The highest BCUT2D eigenvalue weighted by atomic mass is 19.4. The van der Waals surface area contributed by atoms with E-state index in [0.29, 0.717) is 38.4 Å². The summed E-state index contributed by atoms with van der Waals surface area (Å²) in [6.45, 7) is 2.69. The average Bonchev–Trinajstić information content (AvgIpc) is 3.16. The minimum atomic E-state index is -4.55. The lowest BCUT2D eigenvalue weighted by Crippen LogP contribution is -2.64. The van der Waals surface area contributed by atoms with Crippen LogP contribution in [0.15, 0.2) is 60.1 Å². The number of ether oxygens (including phenoxy) is 2. The average molecular weight is 549 g/mol. The van der Waals surface area contributed by atoms with Crippen molar-refractivity contribution in [1.29, 1.82) is 0 Å². The first-order chi connectivity index (χ1) is 18.7. The van der Waals surface area contributed by atoms with Crippen LogP contribution >= 0.6 is 0 Å². The monoisotopic (exact) mass is 548 g/mol. The Morgan fingerprint density at radius 1 is 1.21 bits per heavy atom. The smallest absolute Gasteiger partial charge is 0.419 e. The summed E-state index contributed by atoms with van der Waals surface area (Å²) < 4.78 is 65.8. The predicted octanol–water partition coefficient (Wildman–Crippen LogP) is 3.25. The van der Waals surface area contributed by atoms with Crippen molar-refractivity contribution in [2.75, 3.05) is 50.2 Å². The third kappa shape index (κ3) is 5.84. The van der Waals surface area contributed by atoms with E-state index in [1.165, 1.54) is 36.4 Å². The molecule has 13 heteroatoms. The molecule has 1 aromatic heterocycles. The lowest BCUT2D eigenvalue weighted by atomic mass is 10.0. The zero-order valence-corrected chi connectivity index (χ0v) is 21.1. The van der Waals surface area contributed by atoms with Crippen molar-refractivity contribution >= 4 is 17.5 Å². The first-order valence-electron chi connectivity index (χ1n) is 12.4. The fraction of sp³-hybridized carbons (Fsp3) is 0.385. The second-order valence-corrected chi connectivity index (χ2v) is 9.20. The molecule has 3 aliphatic heterocycles. The van der Waals surface area contributed by atoms with Crippen molar-refractivity contribution in [2.24, 2.45) is 0 Å². The summed E-state index contributed by atoms with van der Waals surface area (Å²) in [5, 5.41) is 10.2. The SMILES string of the molecule is COC(=O)c1ccc(NC2NC(N3CCOCC3)NC3=C2CCN(c2ncccc2C(F)(F)F)C=C3)cc1F. The molecule has 4 heterocycles. The fourth-order valence-electron chi connectivity index (χ4n) is 4.84. The van der Waals surface area contributed by atoms with E-state index in [-0.39, 0.29) is 24.2 Å². The molecule has 9 nitrogen and oxygen atoms in total. The van der Waals surface area contributed by atoms with Crippen LogP contribution in [-0.4, -0.2) is 68.3 Å². The summed E-state index contributed by atoms with van der Waals surface area (Å²) in [4.78, 5) is 19.5. The van der Waals surface area contributed by atoms with E-state index in [2.05, 4.69) is 30.6 Å². The van der Waals surface area contributed by atoms with E-state index in [4.69, 9.17) is 4.74 Å². The number of nitrogens with zero attached hydrogens (tertiary/aromatic N) is 3. The van der Waals surface area contributed by atoms with Crippen LogP contribution in [0.1, 0.15) is 22.3 Å². The van der Waals surface area contributed by atoms with Crippen LogP contribution in [-0.2, 0) is 15.7 Å². The molecule has 2 aromatic rings. The number of carbonyl (C=O) groups excluding carboxylic acids is 1. The Labute approximate surface area is 222 Å². The molecular formula is C26H28F4N6O3. The van der Waals surface area contributed by atoms with Gasteiger partial charge in [0.2, 0.25) is 0 Å². The molecule has 0 bridgehead atoms. The molecule has 0 aliphatic carbocycles. The maximum Gasteiger partial charge on any atom is 0.419 e. The molecule has 208 valence electrons. The summed E-state index contributed by atoms with van der Waals surface area (Å²) in [6.07, 6.45) is -0.317. The van der Waals surface area contributed by atoms with Crippen LogP contribution in [0.3, 0.4) is 0 Å². The summed E-state index contributed by atoms with van der Waals surface area (Å²) in [5.41, 5.74) is 1.00. The molecule has 0 spiro atoms. The first-order valence-corrected chi connectivity index (χ1v) is 12.4. The molecule has 39 heavy (non-hydrogen) atoms. The predicted molar refractivity (Wildman–Crippen MR) is 135 cm³/mol. The van der Waals surface area contributed by atoms with Gasteiger partial charge in [0.15, 0.2) is 0 Å². The van der Waals surface area contributed by atoms with Gasteiger partial charge in [-0.2, -0.15) is 13.2 Å². The van der Waals surface area contributed by atoms with Gasteiger partial charge in [-0.05, 0) is 48.4 Å². The van der Waals surface area contributed by atoms with Crippen molar-refractivity contribution in [3.05, 3.63) is 77.0 Å². The number of hydrogen-bond acceptors (Lipinski definition) is 9. The molecule has 0 saturated carbocycles. The third-order valence-electron chi connectivity index (χ3n) is 6.81. The number of nitrogens with one attached hydrogen (secondary N) is 3. The van der Waals surface area contributed by atoms with Gasteiger partial charge in [-0.1, -0.05) is 0 Å². The highest BCUT2D eigenvalue weighted by molar-refractivity contribution is 5.90. The Kier molecular flexibility index (Phi) is 7.73. The molecule has 1 fully saturated rings. The number of benzene rings is 1. The molecule has 2 atom stereocenters. The van der Waals surface area contributed by atoms with Crippen molar-refractivity contribution < 1.29 is 31.8 Å². The maximum atomic E-state index is 14.7. The van der Waals surface area contributed by atoms with Gasteiger partial charge in [0, 0.05) is 43.4 Å². The first kappa shape index (κ1) is 26.9. The molecular weight excluding hydrogens is 520 g/mol. The molecule has 5 rings (SSSR count). The summed E-state index contributed by atoms with van der Waals surface area (Å²) in [5.74, 6) is -1.69. The van der Waals surface area contributed by atoms with E-state index in [0.717, 1.165) is 17.3 Å². The maximum absolute atomic E-state index is 14.7. The topological polar surface area (TPSA) is 91.0 Å². The summed E-state index contributed by atoms with van der Waals surface area (Å²) >= 11 is 0. The van der Waals surface area contributed by atoms with E-state index < -0.39 is 29.7 Å². The molecule has 3 N–H and O–H groups in total. The van der Waals surface area contributed by atoms with Crippen molar-refractivity contribution in [3.63, 3.8) is 0 Å². The molecule has 0 amide bonds. The van der Waals surface area contributed by atoms with E-state index in [9.17, 15) is 22.4 Å². The Morgan fingerprint density at radius 3 is 2.72 bits per heavy atom. The van der Waals surface area contributed by atoms with Crippen molar-refractivity contribution in [1.82, 2.24) is 20.5 Å².